The van der Waals surface area contributed by atoms with Gasteiger partial charge in [0.05, 0.1) is 19.9 Å². The molecule has 0 spiro atoms. The number of carbonyl (C=O) groups excluding carboxylic acids is 2. The summed E-state index contributed by atoms with van der Waals surface area (Å²) < 4.78 is 15.4. The Morgan fingerprint density at radius 2 is 1.93 bits per heavy atom. The quantitative estimate of drug-likeness (QED) is 0.273. The van der Waals surface area contributed by atoms with Gasteiger partial charge in [-0.25, -0.2) is 4.79 Å². The molecule has 2 aromatic rings. The molecular weight excluding hydrogens is 390 g/mol. The van der Waals surface area contributed by atoms with Crippen molar-refractivity contribution in [1.29, 1.82) is 0 Å². The van der Waals surface area contributed by atoms with Gasteiger partial charge in [0.25, 0.3) is 5.91 Å². The van der Waals surface area contributed by atoms with E-state index in [-0.39, 0.29) is 0 Å². The molecule has 0 aliphatic heterocycles. The summed E-state index contributed by atoms with van der Waals surface area (Å²) in [4.78, 5) is 25.0. The van der Waals surface area contributed by atoms with E-state index in [1.165, 1.54) is 13.2 Å². The van der Waals surface area contributed by atoms with Crippen molar-refractivity contribution in [2.24, 2.45) is 0 Å². The average Bonchev–Trinajstić information content (AvgIpc) is 2.75. The summed E-state index contributed by atoms with van der Waals surface area (Å²) >= 11 is 1.55. The minimum Gasteiger partial charge on any atom is -0.497 e. The van der Waals surface area contributed by atoms with Crippen LogP contribution in [0.4, 0.5) is 5.69 Å². The lowest BCUT2D eigenvalue weighted by molar-refractivity contribution is -0.142. The molecule has 0 atom stereocenters. The van der Waals surface area contributed by atoms with Crippen LogP contribution in [-0.2, 0) is 14.3 Å². The van der Waals surface area contributed by atoms with Gasteiger partial charge in [-0.15, -0.1) is 18.3 Å². The second-order valence-electron chi connectivity index (χ2n) is 5.69. The Balaban J connectivity index is 1.92. The molecule has 0 saturated carbocycles. The zero-order valence-electron chi connectivity index (χ0n) is 16.3. The Bertz CT molecular complexity index is 895. The van der Waals surface area contributed by atoms with Gasteiger partial charge in [0.2, 0.25) is 0 Å². The van der Waals surface area contributed by atoms with Crippen LogP contribution in [-0.4, -0.2) is 38.5 Å². The normalized spacial score (nSPS) is 10.4. The number of para-hydroxylation sites is 1. The van der Waals surface area contributed by atoms with E-state index in [2.05, 4.69) is 11.9 Å². The topological polar surface area (TPSA) is 73.9 Å². The fourth-order valence-corrected chi connectivity index (χ4v) is 3.09. The molecule has 2 rings (SSSR count). The maximum Gasteiger partial charge on any atom is 0.331 e. The number of ether oxygens (including phenoxy) is 3. The third-order valence-corrected chi connectivity index (χ3v) is 4.77. The van der Waals surface area contributed by atoms with E-state index in [1.807, 2.05) is 18.2 Å². The van der Waals surface area contributed by atoms with E-state index in [0.29, 0.717) is 22.7 Å². The largest absolute Gasteiger partial charge is 0.497 e. The Hall–Kier alpha value is -3.19. The molecule has 1 amide bonds. The average molecular weight is 413 g/mol. The highest BCUT2D eigenvalue weighted by Gasteiger charge is 2.09. The van der Waals surface area contributed by atoms with Crippen molar-refractivity contribution >= 4 is 35.4 Å². The molecular formula is C22H23NO5S. The number of hydrogen-bond acceptors (Lipinski definition) is 6. The summed E-state index contributed by atoms with van der Waals surface area (Å²) in [6.45, 7) is 3.30. The van der Waals surface area contributed by atoms with Crippen LogP contribution in [0.2, 0.25) is 0 Å². The predicted molar refractivity (Wildman–Crippen MR) is 116 cm³/mol. The van der Waals surface area contributed by atoms with E-state index < -0.39 is 18.5 Å². The second-order valence-corrected chi connectivity index (χ2v) is 6.75. The first kappa shape index (κ1) is 22.1. The van der Waals surface area contributed by atoms with E-state index in [9.17, 15) is 9.59 Å². The highest BCUT2D eigenvalue weighted by molar-refractivity contribution is 7.99. The van der Waals surface area contributed by atoms with E-state index in [4.69, 9.17) is 14.2 Å². The maximum atomic E-state index is 12.1. The Kier molecular flexibility index (Phi) is 8.85. The Morgan fingerprint density at radius 3 is 2.66 bits per heavy atom. The van der Waals surface area contributed by atoms with Crippen molar-refractivity contribution < 1.29 is 23.8 Å². The summed E-state index contributed by atoms with van der Waals surface area (Å²) in [6, 6.07) is 12.6. The van der Waals surface area contributed by atoms with Crippen LogP contribution in [0.15, 0.2) is 66.1 Å². The van der Waals surface area contributed by atoms with Crippen molar-refractivity contribution in [2.45, 2.75) is 4.90 Å². The number of carbonyl (C=O) groups is 2. The van der Waals surface area contributed by atoms with E-state index >= 15 is 0 Å². The minimum atomic E-state index is -0.639. The van der Waals surface area contributed by atoms with Crippen molar-refractivity contribution in [1.82, 2.24) is 0 Å². The molecule has 0 aliphatic carbocycles. The highest BCUT2D eigenvalue weighted by Crippen LogP contribution is 2.27. The molecule has 152 valence electrons. The molecule has 0 bridgehead atoms. The molecule has 0 fully saturated rings. The first-order valence-corrected chi connectivity index (χ1v) is 9.75. The molecule has 29 heavy (non-hydrogen) atoms. The summed E-state index contributed by atoms with van der Waals surface area (Å²) in [5.74, 6) is 0.879. The molecule has 0 heterocycles. The molecule has 0 aromatic heterocycles. The van der Waals surface area contributed by atoms with Gasteiger partial charge in [0, 0.05) is 22.3 Å². The molecule has 0 saturated heterocycles. The van der Waals surface area contributed by atoms with Crippen LogP contribution >= 0.6 is 11.8 Å². The Morgan fingerprint density at radius 1 is 1.14 bits per heavy atom. The van der Waals surface area contributed by atoms with Gasteiger partial charge in [-0.05, 0) is 36.4 Å². The van der Waals surface area contributed by atoms with Crippen molar-refractivity contribution in [3.05, 3.63) is 66.8 Å². The number of amides is 1. The number of rotatable bonds is 10. The maximum absolute atomic E-state index is 12.1. The van der Waals surface area contributed by atoms with Gasteiger partial charge < -0.3 is 19.5 Å². The van der Waals surface area contributed by atoms with Gasteiger partial charge >= 0.3 is 5.97 Å². The summed E-state index contributed by atoms with van der Waals surface area (Å²) in [6.07, 6.45) is 4.57. The molecule has 1 N–H and O–H groups in total. The number of esters is 1. The summed E-state index contributed by atoms with van der Waals surface area (Å²) in [7, 11) is 3.09. The number of hydrogen-bond donors (Lipinski definition) is 1. The SMILES string of the molecule is C=CCSc1ccccc1NC(=O)COC(=O)/C=C/c1cc(OC)ccc1OC. The molecule has 0 unspecified atom stereocenters. The van der Waals surface area contributed by atoms with Gasteiger partial charge in [-0.2, -0.15) is 0 Å². The second kappa shape index (κ2) is 11.6. The van der Waals surface area contributed by atoms with Gasteiger partial charge in [-0.1, -0.05) is 18.2 Å². The van der Waals surface area contributed by atoms with Gasteiger partial charge in [0.15, 0.2) is 6.61 Å². The van der Waals surface area contributed by atoms with Gasteiger partial charge in [0.1, 0.15) is 11.5 Å². The zero-order valence-corrected chi connectivity index (χ0v) is 17.2. The molecule has 0 radical (unpaired) electrons. The molecule has 6 nitrogen and oxygen atoms in total. The third-order valence-electron chi connectivity index (χ3n) is 3.70. The monoisotopic (exact) mass is 413 g/mol. The lowest BCUT2D eigenvalue weighted by atomic mass is 10.1. The van der Waals surface area contributed by atoms with Crippen LogP contribution in [0.25, 0.3) is 6.08 Å². The van der Waals surface area contributed by atoms with Crippen LogP contribution in [0.1, 0.15) is 5.56 Å². The standard InChI is InChI=1S/C22H23NO5S/c1-4-13-29-20-8-6-5-7-18(20)23-21(24)15-28-22(25)12-9-16-14-17(26-2)10-11-19(16)27-3/h4-12,14H,1,13,15H2,2-3H3,(H,23,24)/b12-9+. The first-order valence-electron chi connectivity index (χ1n) is 8.76. The van der Waals surface area contributed by atoms with Crippen molar-refractivity contribution in [2.75, 3.05) is 31.9 Å². The molecule has 7 heteroatoms. The highest BCUT2D eigenvalue weighted by atomic mass is 32.2. The van der Waals surface area contributed by atoms with Gasteiger partial charge in [-0.3, -0.25) is 4.79 Å². The number of nitrogens with one attached hydrogen (secondary N) is 1. The molecule has 0 aliphatic rings. The Labute approximate surface area is 174 Å². The molecule has 2 aromatic carbocycles. The minimum absolute atomic E-state index is 0.390. The van der Waals surface area contributed by atoms with Crippen LogP contribution in [0.3, 0.4) is 0 Å². The number of benzene rings is 2. The van der Waals surface area contributed by atoms with Crippen molar-refractivity contribution in [3.8, 4) is 11.5 Å². The number of thioether (sulfide) groups is 1. The fraction of sp³-hybridized carbons (Fsp3) is 0.182. The van der Waals surface area contributed by atoms with Crippen LogP contribution in [0, 0.1) is 0 Å². The number of methoxy groups -OCH3 is 2. The fourth-order valence-electron chi connectivity index (χ4n) is 2.34. The van der Waals surface area contributed by atoms with Crippen molar-refractivity contribution in [3.63, 3.8) is 0 Å². The number of anilines is 1. The van der Waals surface area contributed by atoms with Crippen LogP contribution in [0.5, 0.6) is 11.5 Å². The zero-order chi connectivity index (χ0) is 21.1. The first-order chi connectivity index (χ1) is 14.1. The lowest BCUT2D eigenvalue weighted by Gasteiger charge is -2.10. The third kappa shape index (κ3) is 7.04. The predicted octanol–water partition coefficient (Wildman–Crippen LogP) is 4.18. The summed E-state index contributed by atoms with van der Waals surface area (Å²) in [5.41, 5.74) is 1.32. The smallest absolute Gasteiger partial charge is 0.331 e. The summed E-state index contributed by atoms with van der Waals surface area (Å²) in [5, 5.41) is 2.75. The lowest BCUT2D eigenvalue weighted by Crippen LogP contribution is -2.20. The van der Waals surface area contributed by atoms with E-state index in [1.54, 1.807) is 55.3 Å². The van der Waals surface area contributed by atoms with E-state index in [0.717, 1.165) is 10.6 Å². The van der Waals surface area contributed by atoms with Crippen LogP contribution < -0.4 is 14.8 Å².